The van der Waals surface area contributed by atoms with E-state index in [1.807, 2.05) is 0 Å². The van der Waals surface area contributed by atoms with E-state index >= 15 is 0 Å². The number of rotatable bonds is 2. The van der Waals surface area contributed by atoms with Crippen molar-refractivity contribution in [2.45, 2.75) is 18.6 Å². The van der Waals surface area contributed by atoms with E-state index < -0.39 is 24.1 Å². The molecule has 2 N–H and O–H groups in total. The van der Waals surface area contributed by atoms with Gasteiger partial charge in [0.05, 0.1) is 11.7 Å². The van der Waals surface area contributed by atoms with E-state index in [1.54, 1.807) is 30.3 Å². The van der Waals surface area contributed by atoms with Gasteiger partial charge in [0.25, 0.3) is 0 Å². The lowest BCUT2D eigenvalue weighted by atomic mass is 10.2. The first-order valence-electron chi connectivity index (χ1n) is 5.39. The molecular formula is C12H13NO4. The van der Waals surface area contributed by atoms with Crippen LogP contribution >= 0.6 is 0 Å². The number of hydrogen-bond acceptors (Lipinski definition) is 5. The topological polar surface area (TPSA) is 75.6 Å². The molecule has 90 valence electrons. The number of β-amino-alcohol motifs (C(OH)–C–C–N with tert-alkyl or cyclic N) is 1. The lowest BCUT2D eigenvalue weighted by molar-refractivity contribution is -0.140. The van der Waals surface area contributed by atoms with Crippen molar-refractivity contribution in [1.29, 1.82) is 0 Å². The van der Waals surface area contributed by atoms with E-state index in [9.17, 15) is 14.7 Å². The maximum Gasteiger partial charge on any atom is 0.345 e. The fraction of sp³-hybridized carbons (Fsp3) is 0.333. The van der Waals surface area contributed by atoms with Gasteiger partial charge in [-0.1, -0.05) is 18.2 Å². The van der Waals surface area contributed by atoms with Gasteiger partial charge in [0.2, 0.25) is 0 Å². The average molecular weight is 235 g/mol. The summed E-state index contributed by atoms with van der Waals surface area (Å²) in [5.74, 6) is -1.31. The third-order valence-corrected chi connectivity index (χ3v) is 2.59. The van der Waals surface area contributed by atoms with Gasteiger partial charge in [-0.05, 0) is 12.1 Å². The van der Waals surface area contributed by atoms with Gasteiger partial charge in [-0.15, -0.1) is 0 Å². The Morgan fingerprint density at radius 1 is 1.29 bits per heavy atom. The summed E-state index contributed by atoms with van der Waals surface area (Å²) in [6.45, 7) is 0.347. The number of aliphatic hydroxyl groups is 1. The Bertz CT molecular complexity index is 418. The van der Waals surface area contributed by atoms with Crippen LogP contribution in [0.3, 0.4) is 0 Å². The molecule has 1 aromatic rings. The zero-order valence-corrected chi connectivity index (χ0v) is 9.13. The van der Waals surface area contributed by atoms with Gasteiger partial charge in [0.15, 0.2) is 0 Å². The highest BCUT2D eigenvalue weighted by atomic mass is 16.6. The van der Waals surface area contributed by atoms with Crippen LogP contribution in [0.1, 0.15) is 16.8 Å². The highest BCUT2D eigenvalue weighted by molar-refractivity contribution is 5.98. The van der Waals surface area contributed by atoms with Crippen LogP contribution in [0.5, 0.6) is 0 Å². The molecule has 0 radical (unpaired) electrons. The number of ether oxygens (including phenoxy) is 1. The molecule has 1 saturated heterocycles. The molecule has 1 aliphatic heterocycles. The molecule has 1 unspecified atom stereocenters. The second-order valence-corrected chi connectivity index (χ2v) is 3.92. The second kappa shape index (κ2) is 5.07. The van der Waals surface area contributed by atoms with E-state index in [4.69, 9.17) is 4.74 Å². The van der Waals surface area contributed by atoms with E-state index in [-0.39, 0.29) is 6.42 Å². The number of nitrogens with one attached hydrogen (secondary N) is 1. The summed E-state index contributed by atoms with van der Waals surface area (Å²) in [5, 5.41) is 12.0. The molecule has 5 nitrogen and oxygen atoms in total. The minimum Gasteiger partial charge on any atom is -0.392 e. The number of carbonyl (C=O) groups is 2. The molecule has 5 heteroatoms. The predicted octanol–water partition coefficient (Wildman–Crippen LogP) is 0.0928. The second-order valence-electron chi connectivity index (χ2n) is 3.92. The van der Waals surface area contributed by atoms with Gasteiger partial charge in [-0.25, -0.2) is 9.59 Å². The van der Waals surface area contributed by atoms with Crippen molar-refractivity contribution in [3.63, 3.8) is 0 Å². The van der Waals surface area contributed by atoms with Gasteiger partial charge in [-0.3, -0.25) is 0 Å². The van der Waals surface area contributed by atoms with Crippen LogP contribution in [0.2, 0.25) is 0 Å². The molecule has 1 fully saturated rings. The minimum absolute atomic E-state index is 0.279. The van der Waals surface area contributed by atoms with Gasteiger partial charge >= 0.3 is 11.9 Å². The maximum atomic E-state index is 11.6. The van der Waals surface area contributed by atoms with E-state index in [1.165, 1.54) is 0 Å². The summed E-state index contributed by atoms with van der Waals surface area (Å²) in [6, 6.07) is 7.71. The fourth-order valence-electron chi connectivity index (χ4n) is 1.69. The lowest BCUT2D eigenvalue weighted by Gasteiger charge is -2.08. The van der Waals surface area contributed by atoms with Crippen LogP contribution in [-0.4, -0.2) is 35.7 Å². The third-order valence-electron chi connectivity index (χ3n) is 2.59. The summed E-state index contributed by atoms with van der Waals surface area (Å²) >= 11 is 0. The summed E-state index contributed by atoms with van der Waals surface area (Å²) < 4.78 is 4.72. The first-order chi connectivity index (χ1) is 8.16. The Morgan fingerprint density at radius 2 is 2.00 bits per heavy atom. The molecule has 1 heterocycles. The molecule has 17 heavy (non-hydrogen) atoms. The molecular weight excluding hydrogens is 222 g/mol. The van der Waals surface area contributed by atoms with Gasteiger partial charge in [-0.2, -0.15) is 0 Å². The van der Waals surface area contributed by atoms with Crippen LogP contribution in [0, 0.1) is 0 Å². The highest BCUT2D eigenvalue weighted by Crippen LogP contribution is 2.09. The number of aliphatic hydroxyl groups excluding tert-OH is 1. The maximum absolute atomic E-state index is 11.6. The number of esters is 2. The van der Waals surface area contributed by atoms with Crippen molar-refractivity contribution in [3.8, 4) is 0 Å². The Labute approximate surface area is 98.4 Å². The molecule has 2 rings (SSSR count). The minimum atomic E-state index is -0.668. The zero-order valence-electron chi connectivity index (χ0n) is 9.13. The molecule has 0 saturated carbocycles. The van der Waals surface area contributed by atoms with Gasteiger partial charge in [0, 0.05) is 13.0 Å². The van der Waals surface area contributed by atoms with Gasteiger partial charge < -0.3 is 15.2 Å². The number of carbonyl (C=O) groups excluding carboxylic acids is 2. The quantitative estimate of drug-likeness (QED) is 0.561. The first-order valence-corrected chi connectivity index (χ1v) is 5.39. The molecule has 0 bridgehead atoms. The van der Waals surface area contributed by atoms with Crippen molar-refractivity contribution in [3.05, 3.63) is 35.9 Å². The first kappa shape index (κ1) is 11.8. The molecule has 0 aliphatic carbocycles. The summed E-state index contributed by atoms with van der Waals surface area (Å²) in [4.78, 5) is 23.1. The lowest BCUT2D eigenvalue weighted by Crippen LogP contribution is -2.33. The molecule has 1 aromatic carbocycles. The third kappa shape index (κ3) is 2.89. The van der Waals surface area contributed by atoms with Crippen molar-refractivity contribution in [2.24, 2.45) is 0 Å². The Morgan fingerprint density at radius 3 is 2.59 bits per heavy atom. The monoisotopic (exact) mass is 235 g/mol. The number of benzene rings is 1. The Balaban J connectivity index is 1.93. The summed E-state index contributed by atoms with van der Waals surface area (Å²) in [5.41, 5.74) is 0.333. The van der Waals surface area contributed by atoms with Crippen LogP contribution in [-0.2, 0) is 9.53 Å². The Kier molecular flexibility index (Phi) is 3.51. The predicted molar refractivity (Wildman–Crippen MR) is 59.3 cm³/mol. The van der Waals surface area contributed by atoms with Crippen molar-refractivity contribution < 1.29 is 19.4 Å². The normalized spacial score (nSPS) is 23.4. The largest absolute Gasteiger partial charge is 0.392 e. The van der Waals surface area contributed by atoms with Crippen LogP contribution in [0.25, 0.3) is 0 Å². The summed E-state index contributed by atoms with van der Waals surface area (Å²) in [7, 11) is 0. The zero-order chi connectivity index (χ0) is 12.3. The van der Waals surface area contributed by atoms with Crippen LogP contribution in [0.15, 0.2) is 30.3 Å². The average Bonchev–Trinajstić information content (AvgIpc) is 2.77. The smallest absolute Gasteiger partial charge is 0.345 e. The van der Waals surface area contributed by atoms with Gasteiger partial charge in [0.1, 0.15) is 6.04 Å². The standard InChI is InChI=1S/C12H13NO4/c14-9-6-10(13-7-9)12(16)17-11(15)8-4-2-1-3-5-8/h1-5,9-10,13-14H,6-7H2/t9?,10-/m0/s1. The van der Waals surface area contributed by atoms with Crippen LogP contribution < -0.4 is 5.32 Å². The van der Waals surface area contributed by atoms with E-state index in [0.29, 0.717) is 12.1 Å². The van der Waals surface area contributed by atoms with E-state index in [0.717, 1.165) is 0 Å². The number of hydrogen-bond donors (Lipinski definition) is 2. The van der Waals surface area contributed by atoms with Crippen molar-refractivity contribution in [2.75, 3.05) is 6.54 Å². The summed E-state index contributed by atoms with van der Waals surface area (Å²) in [6.07, 6.45) is -0.277. The SMILES string of the molecule is O=C(OC(=O)[C@@H]1CC(O)CN1)c1ccccc1. The molecule has 2 atom stereocenters. The molecule has 1 aliphatic rings. The Hall–Kier alpha value is -1.72. The highest BCUT2D eigenvalue weighted by Gasteiger charge is 2.30. The molecule has 0 aromatic heterocycles. The molecule has 0 spiro atoms. The molecule has 0 amide bonds. The van der Waals surface area contributed by atoms with Crippen molar-refractivity contribution in [1.82, 2.24) is 5.32 Å². The fourth-order valence-corrected chi connectivity index (χ4v) is 1.69. The van der Waals surface area contributed by atoms with Crippen molar-refractivity contribution >= 4 is 11.9 Å². The van der Waals surface area contributed by atoms with E-state index in [2.05, 4.69) is 5.32 Å². The van der Waals surface area contributed by atoms with Crippen LogP contribution in [0.4, 0.5) is 0 Å².